The second-order valence-electron chi connectivity index (χ2n) is 6.50. The second-order valence-corrected chi connectivity index (χ2v) is 6.50. The fourth-order valence-electron chi connectivity index (χ4n) is 3.54. The average Bonchev–Trinajstić information content (AvgIpc) is 3.00. The van der Waals surface area contributed by atoms with Gasteiger partial charge in [0.05, 0.1) is 5.69 Å². The van der Waals surface area contributed by atoms with Crippen LogP contribution in [-0.4, -0.2) is 9.97 Å². The zero-order valence-electron chi connectivity index (χ0n) is 14.1. The van der Waals surface area contributed by atoms with Crippen LogP contribution in [0.2, 0.25) is 0 Å². The van der Waals surface area contributed by atoms with Crippen LogP contribution in [0.5, 0.6) is 0 Å². The third-order valence-corrected chi connectivity index (χ3v) is 4.69. The highest BCUT2D eigenvalue weighted by molar-refractivity contribution is 6.17. The molecule has 0 saturated carbocycles. The SMILES string of the molecule is Cc1cc(-c2cc(C)ncn2)c2oc3c4ccccc4ccc3c2c1. The summed E-state index contributed by atoms with van der Waals surface area (Å²) < 4.78 is 6.39. The largest absolute Gasteiger partial charge is 0.455 e. The van der Waals surface area contributed by atoms with Gasteiger partial charge in [-0.2, -0.15) is 0 Å². The van der Waals surface area contributed by atoms with Crippen LogP contribution in [0.1, 0.15) is 11.3 Å². The van der Waals surface area contributed by atoms with Gasteiger partial charge in [0.1, 0.15) is 17.5 Å². The molecule has 120 valence electrons. The highest BCUT2D eigenvalue weighted by atomic mass is 16.3. The van der Waals surface area contributed by atoms with E-state index in [0.717, 1.165) is 44.3 Å². The van der Waals surface area contributed by atoms with Crippen molar-refractivity contribution in [2.75, 3.05) is 0 Å². The van der Waals surface area contributed by atoms with E-state index in [1.165, 1.54) is 10.9 Å². The van der Waals surface area contributed by atoms with Crippen molar-refractivity contribution in [2.24, 2.45) is 0 Å². The van der Waals surface area contributed by atoms with Gasteiger partial charge in [-0.1, -0.05) is 30.3 Å². The van der Waals surface area contributed by atoms with E-state index in [-0.39, 0.29) is 0 Å². The van der Waals surface area contributed by atoms with E-state index in [2.05, 4.69) is 65.4 Å². The number of hydrogen-bond donors (Lipinski definition) is 0. The van der Waals surface area contributed by atoms with Crippen LogP contribution in [0.4, 0.5) is 0 Å². The maximum atomic E-state index is 6.39. The molecule has 3 nitrogen and oxygen atoms in total. The van der Waals surface area contributed by atoms with Crippen LogP contribution >= 0.6 is 0 Å². The normalized spacial score (nSPS) is 11.6. The first kappa shape index (κ1) is 14.2. The zero-order valence-corrected chi connectivity index (χ0v) is 14.1. The summed E-state index contributed by atoms with van der Waals surface area (Å²) in [6, 6.07) is 19.0. The van der Waals surface area contributed by atoms with Gasteiger partial charge in [0, 0.05) is 27.4 Å². The molecule has 0 aliphatic carbocycles. The molecule has 0 bridgehead atoms. The molecule has 0 atom stereocenters. The molecule has 5 rings (SSSR count). The Labute approximate surface area is 144 Å². The molecule has 0 radical (unpaired) electrons. The Balaban J connectivity index is 1.95. The summed E-state index contributed by atoms with van der Waals surface area (Å²) in [5.74, 6) is 0. The predicted octanol–water partition coefficient (Wildman–Crippen LogP) is 5.81. The van der Waals surface area contributed by atoms with Crippen LogP contribution in [0.3, 0.4) is 0 Å². The van der Waals surface area contributed by atoms with Crippen molar-refractivity contribution >= 4 is 32.7 Å². The smallest absolute Gasteiger partial charge is 0.144 e. The molecule has 3 heteroatoms. The number of nitrogens with zero attached hydrogens (tertiary/aromatic N) is 2. The van der Waals surface area contributed by atoms with Crippen molar-refractivity contribution in [1.82, 2.24) is 9.97 Å². The average molecular weight is 324 g/mol. The summed E-state index contributed by atoms with van der Waals surface area (Å²) in [5, 5.41) is 4.60. The minimum absolute atomic E-state index is 0.884. The molecule has 2 heterocycles. The predicted molar refractivity (Wildman–Crippen MR) is 102 cm³/mol. The van der Waals surface area contributed by atoms with Gasteiger partial charge in [0.25, 0.3) is 0 Å². The lowest BCUT2D eigenvalue weighted by Crippen LogP contribution is -1.89. The van der Waals surface area contributed by atoms with Crippen molar-refractivity contribution in [1.29, 1.82) is 0 Å². The molecule has 0 aliphatic heterocycles. The summed E-state index contributed by atoms with van der Waals surface area (Å²) in [6.45, 7) is 4.08. The fraction of sp³-hybridized carbons (Fsp3) is 0.0909. The quantitative estimate of drug-likeness (QED) is 0.390. The molecule has 0 N–H and O–H groups in total. The van der Waals surface area contributed by atoms with Gasteiger partial charge in [-0.15, -0.1) is 0 Å². The molecular formula is C22H16N2O. The number of aromatic nitrogens is 2. The first-order chi connectivity index (χ1) is 12.2. The maximum Gasteiger partial charge on any atom is 0.144 e. The molecular weight excluding hydrogens is 308 g/mol. The lowest BCUT2D eigenvalue weighted by molar-refractivity contribution is 0.673. The molecule has 0 unspecified atom stereocenters. The number of fused-ring (bicyclic) bond motifs is 5. The van der Waals surface area contributed by atoms with Gasteiger partial charge in [-0.25, -0.2) is 9.97 Å². The molecule has 2 aromatic heterocycles. The van der Waals surface area contributed by atoms with Gasteiger partial charge < -0.3 is 4.42 Å². The molecule has 0 aliphatic rings. The Bertz CT molecular complexity index is 1270. The van der Waals surface area contributed by atoms with Crippen molar-refractivity contribution in [3.63, 3.8) is 0 Å². The van der Waals surface area contributed by atoms with Gasteiger partial charge in [0.2, 0.25) is 0 Å². The highest BCUT2D eigenvalue weighted by Crippen LogP contribution is 2.38. The van der Waals surface area contributed by atoms with E-state index in [1.54, 1.807) is 6.33 Å². The third kappa shape index (κ3) is 2.13. The zero-order chi connectivity index (χ0) is 17.0. The molecule has 0 amide bonds. The van der Waals surface area contributed by atoms with Gasteiger partial charge >= 0.3 is 0 Å². The third-order valence-electron chi connectivity index (χ3n) is 4.69. The molecule has 0 fully saturated rings. The van der Waals surface area contributed by atoms with E-state index in [4.69, 9.17) is 4.42 Å². The van der Waals surface area contributed by atoms with Crippen molar-refractivity contribution < 1.29 is 4.42 Å². The Morgan fingerprint density at radius 3 is 2.52 bits per heavy atom. The number of aryl methyl sites for hydroxylation is 2. The monoisotopic (exact) mass is 324 g/mol. The van der Waals surface area contributed by atoms with Gasteiger partial charge in [-0.05, 0) is 49.1 Å². The summed E-state index contributed by atoms with van der Waals surface area (Å²) in [7, 11) is 0. The Morgan fingerprint density at radius 1 is 0.760 bits per heavy atom. The Morgan fingerprint density at radius 2 is 1.64 bits per heavy atom. The minimum atomic E-state index is 0.884. The Kier molecular flexibility index (Phi) is 2.92. The van der Waals surface area contributed by atoms with Crippen LogP contribution < -0.4 is 0 Å². The van der Waals surface area contributed by atoms with Crippen molar-refractivity contribution in [2.45, 2.75) is 13.8 Å². The number of benzene rings is 3. The number of rotatable bonds is 1. The number of hydrogen-bond acceptors (Lipinski definition) is 3. The van der Waals surface area contributed by atoms with Gasteiger partial charge in [0.15, 0.2) is 0 Å². The van der Waals surface area contributed by atoms with E-state index in [0.29, 0.717) is 0 Å². The summed E-state index contributed by atoms with van der Waals surface area (Å²) >= 11 is 0. The number of furan rings is 1. The molecule has 5 aromatic rings. The van der Waals surface area contributed by atoms with Crippen LogP contribution in [0.25, 0.3) is 44.0 Å². The first-order valence-electron chi connectivity index (χ1n) is 8.34. The maximum absolute atomic E-state index is 6.39. The standard InChI is InChI=1S/C22H16N2O/c1-13-9-18-17-8-7-15-5-3-4-6-16(15)21(17)25-22(18)19(10-13)20-11-14(2)23-12-24-20/h3-12H,1-2H3. The summed E-state index contributed by atoms with van der Waals surface area (Å²) in [5.41, 5.74) is 5.86. The van der Waals surface area contributed by atoms with Crippen LogP contribution in [-0.2, 0) is 0 Å². The van der Waals surface area contributed by atoms with Gasteiger partial charge in [-0.3, -0.25) is 0 Å². The van der Waals surface area contributed by atoms with Crippen molar-refractivity contribution in [3.05, 3.63) is 72.2 Å². The Hall–Kier alpha value is -3.20. The minimum Gasteiger partial charge on any atom is -0.455 e. The molecule has 3 aromatic carbocycles. The topological polar surface area (TPSA) is 38.9 Å². The second kappa shape index (κ2) is 5.15. The summed E-state index contributed by atoms with van der Waals surface area (Å²) in [6.07, 6.45) is 1.61. The molecule has 25 heavy (non-hydrogen) atoms. The van der Waals surface area contributed by atoms with Crippen LogP contribution in [0, 0.1) is 13.8 Å². The fourth-order valence-corrected chi connectivity index (χ4v) is 3.54. The van der Waals surface area contributed by atoms with E-state index >= 15 is 0 Å². The van der Waals surface area contributed by atoms with E-state index < -0.39 is 0 Å². The first-order valence-corrected chi connectivity index (χ1v) is 8.34. The summed E-state index contributed by atoms with van der Waals surface area (Å²) in [4.78, 5) is 8.67. The van der Waals surface area contributed by atoms with E-state index in [1.807, 2.05) is 13.0 Å². The molecule has 0 spiro atoms. The molecule has 0 saturated heterocycles. The lowest BCUT2D eigenvalue weighted by atomic mass is 10.0. The lowest BCUT2D eigenvalue weighted by Gasteiger charge is -2.04. The van der Waals surface area contributed by atoms with Crippen molar-refractivity contribution in [3.8, 4) is 11.3 Å². The van der Waals surface area contributed by atoms with E-state index in [9.17, 15) is 0 Å². The highest BCUT2D eigenvalue weighted by Gasteiger charge is 2.15. The van der Waals surface area contributed by atoms with Crippen LogP contribution in [0.15, 0.2) is 65.3 Å².